The van der Waals surface area contributed by atoms with Gasteiger partial charge in [0.25, 0.3) is 0 Å². The molecule has 3 unspecified atom stereocenters. The lowest BCUT2D eigenvalue weighted by molar-refractivity contribution is -0.132. The molecule has 0 aliphatic carbocycles. The smallest absolute Gasteiger partial charge is 0.168 e. The average molecular weight is 473 g/mol. The van der Waals surface area contributed by atoms with E-state index >= 15 is 0 Å². The van der Waals surface area contributed by atoms with E-state index in [0.717, 1.165) is 28.7 Å². The van der Waals surface area contributed by atoms with Gasteiger partial charge in [-0.15, -0.1) is 0 Å². The van der Waals surface area contributed by atoms with Gasteiger partial charge < -0.3 is 10.5 Å². The fraction of sp³-hybridized carbons (Fsp3) is 0.310. The quantitative estimate of drug-likeness (QED) is 0.481. The van der Waals surface area contributed by atoms with Gasteiger partial charge in [-0.2, -0.15) is 0 Å². The standard InChI is InChI=1S/C29H29ClN2O2/c1-3-20-16-26(31)32-29(27(20)33)18-28(2,17-19-8-5-4-6-9-19)34-25-13-12-22(15-24(25)29)21-10-7-11-23(30)14-21/h4-15,20H,3,16-18H2,1-2H3,(H2,31,32). The summed E-state index contributed by atoms with van der Waals surface area (Å²) in [5.41, 5.74) is 8.61. The zero-order valence-corrected chi connectivity index (χ0v) is 20.3. The summed E-state index contributed by atoms with van der Waals surface area (Å²) in [6, 6.07) is 24.0. The Bertz CT molecular complexity index is 1270. The highest BCUT2D eigenvalue weighted by Crippen LogP contribution is 2.51. The summed E-state index contributed by atoms with van der Waals surface area (Å²) in [5.74, 6) is 1.21. The lowest BCUT2D eigenvalue weighted by Gasteiger charge is -2.47. The van der Waals surface area contributed by atoms with Crippen LogP contribution in [0, 0.1) is 5.92 Å². The van der Waals surface area contributed by atoms with Crippen molar-refractivity contribution >= 4 is 23.2 Å². The Hall–Kier alpha value is -3.11. The first kappa shape index (κ1) is 22.7. The number of halogens is 1. The Morgan fingerprint density at radius 2 is 1.82 bits per heavy atom. The molecule has 3 atom stereocenters. The van der Waals surface area contributed by atoms with Gasteiger partial charge in [0.05, 0.1) is 5.84 Å². The van der Waals surface area contributed by atoms with Crippen LogP contribution in [-0.4, -0.2) is 17.2 Å². The number of nitrogens with zero attached hydrogens (tertiary/aromatic N) is 1. The maximum Gasteiger partial charge on any atom is 0.168 e. The first-order valence-corrected chi connectivity index (χ1v) is 12.2. The molecule has 0 saturated carbocycles. The third-order valence-electron chi connectivity index (χ3n) is 7.05. The molecule has 5 heteroatoms. The van der Waals surface area contributed by atoms with Gasteiger partial charge in [0.1, 0.15) is 11.4 Å². The zero-order valence-electron chi connectivity index (χ0n) is 19.6. The normalized spacial score (nSPS) is 26.0. The Morgan fingerprint density at radius 3 is 2.56 bits per heavy atom. The fourth-order valence-electron chi connectivity index (χ4n) is 5.53. The van der Waals surface area contributed by atoms with Crippen molar-refractivity contribution in [3.63, 3.8) is 0 Å². The summed E-state index contributed by atoms with van der Waals surface area (Å²) in [7, 11) is 0. The summed E-state index contributed by atoms with van der Waals surface area (Å²) < 4.78 is 6.63. The number of nitrogens with two attached hydrogens (primary N) is 1. The average Bonchev–Trinajstić information content (AvgIpc) is 2.81. The third kappa shape index (κ3) is 4.01. The molecular weight excluding hydrogens is 444 g/mol. The van der Waals surface area contributed by atoms with Crippen molar-refractivity contribution < 1.29 is 9.53 Å². The molecule has 2 N–H and O–H groups in total. The zero-order chi connectivity index (χ0) is 23.9. The molecular formula is C29H29ClN2O2. The highest BCUT2D eigenvalue weighted by molar-refractivity contribution is 6.30. The van der Waals surface area contributed by atoms with E-state index in [4.69, 9.17) is 27.1 Å². The second-order valence-electron chi connectivity index (χ2n) is 9.75. The minimum atomic E-state index is -1.06. The van der Waals surface area contributed by atoms with E-state index in [2.05, 4.69) is 19.1 Å². The van der Waals surface area contributed by atoms with Gasteiger partial charge in [-0.05, 0) is 54.3 Å². The van der Waals surface area contributed by atoms with Gasteiger partial charge in [-0.1, -0.05) is 67.1 Å². The predicted octanol–water partition coefficient (Wildman–Crippen LogP) is 6.34. The maximum atomic E-state index is 14.0. The first-order chi connectivity index (χ1) is 16.3. The van der Waals surface area contributed by atoms with Crippen molar-refractivity contribution in [2.45, 2.75) is 50.7 Å². The van der Waals surface area contributed by atoms with Crippen LogP contribution in [-0.2, 0) is 16.8 Å². The largest absolute Gasteiger partial charge is 0.487 e. The first-order valence-electron chi connectivity index (χ1n) is 11.8. The summed E-state index contributed by atoms with van der Waals surface area (Å²) in [4.78, 5) is 19.0. The molecule has 174 valence electrons. The molecule has 34 heavy (non-hydrogen) atoms. The third-order valence-corrected chi connectivity index (χ3v) is 7.29. The molecule has 0 saturated heterocycles. The Balaban J connectivity index is 1.67. The summed E-state index contributed by atoms with van der Waals surface area (Å²) in [6.07, 6.45) is 2.36. The highest BCUT2D eigenvalue weighted by Gasteiger charge is 2.55. The second-order valence-corrected chi connectivity index (χ2v) is 10.2. The van der Waals surface area contributed by atoms with Crippen LogP contribution in [0.1, 0.15) is 44.2 Å². The van der Waals surface area contributed by atoms with Crippen molar-refractivity contribution in [3.8, 4) is 16.9 Å². The molecule has 2 aliphatic heterocycles. The lowest BCUT2D eigenvalue weighted by atomic mass is 9.67. The predicted molar refractivity (Wildman–Crippen MR) is 137 cm³/mol. The van der Waals surface area contributed by atoms with Crippen molar-refractivity contribution in [1.29, 1.82) is 0 Å². The van der Waals surface area contributed by atoms with Crippen LogP contribution in [0.5, 0.6) is 5.75 Å². The molecule has 1 spiro atoms. The number of carbonyl (C=O) groups excluding carboxylic acids is 1. The Morgan fingerprint density at radius 1 is 1.06 bits per heavy atom. The van der Waals surface area contributed by atoms with Gasteiger partial charge in [0, 0.05) is 35.8 Å². The van der Waals surface area contributed by atoms with Crippen molar-refractivity contribution in [1.82, 2.24) is 0 Å². The lowest BCUT2D eigenvalue weighted by Crippen LogP contribution is -2.54. The van der Waals surface area contributed by atoms with Gasteiger partial charge in [0.2, 0.25) is 0 Å². The molecule has 4 nitrogen and oxygen atoms in total. The summed E-state index contributed by atoms with van der Waals surface area (Å²) >= 11 is 6.26. The number of hydrogen-bond donors (Lipinski definition) is 1. The monoisotopic (exact) mass is 472 g/mol. The fourth-order valence-corrected chi connectivity index (χ4v) is 5.72. The van der Waals surface area contributed by atoms with E-state index in [9.17, 15) is 4.79 Å². The summed E-state index contributed by atoms with van der Waals surface area (Å²) in [5, 5.41) is 0.665. The van der Waals surface area contributed by atoms with Crippen molar-refractivity contribution in [3.05, 3.63) is 88.9 Å². The number of ketones is 1. The molecule has 0 fully saturated rings. The Kier molecular flexibility index (Phi) is 5.73. The Labute approximate surface area is 205 Å². The van der Waals surface area contributed by atoms with Crippen molar-refractivity contribution in [2.75, 3.05) is 0 Å². The number of fused-ring (bicyclic) bond motifs is 2. The molecule has 2 heterocycles. The van der Waals surface area contributed by atoms with E-state index in [1.54, 1.807) is 0 Å². The molecule has 5 rings (SSSR count). The van der Waals surface area contributed by atoms with E-state index in [-0.39, 0.29) is 11.7 Å². The molecule has 3 aromatic carbocycles. The van der Waals surface area contributed by atoms with Crippen LogP contribution in [0.25, 0.3) is 11.1 Å². The topological polar surface area (TPSA) is 64.7 Å². The van der Waals surface area contributed by atoms with Crippen LogP contribution < -0.4 is 10.5 Å². The maximum absolute atomic E-state index is 14.0. The van der Waals surface area contributed by atoms with E-state index in [1.807, 2.05) is 67.6 Å². The number of ether oxygens (including phenoxy) is 1. The number of hydrogen-bond acceptors (Lipinski definition) is 4. The minimum Gasteiger partial charge on any atom is -0.487 e. The number of amidine groups is 1. The van der Waals surface area contributed by atoms with Gasteiger partial charge in [0.15, 0.2) is 11.3 Å². The number of carbonyl (C=O) groups is 1. The molecule has 0 bridgehead atoms. The van der Waals surface area contributed by atoms with Crippen LogP contribution in [0.2, 0.25) is 5.02 Å². The van der Waals surface area contributed by atoms with E-state index in [0.29, 0.717) is 35.9 Å². The number of benzene rings is 3. The van der Waals surface area contributed by atoms with Gasteiger partial charge in [-0.3, -0.25) is 9.79 Å². The number of aliphatic imine (C=N–C) groups is 1. The number of rotatable bonds is 4. The van der Waals surface area contributed by atoms with Crippen LogP contribution in [0.15, 0.2) is 77.8 Å². The van der Waals surface area contributed by atoms with Gasteiger partial charge in [-0.25, -0.2) is 0 Å². The van der Waals surface area contributed by atoms with Crippen LogP contribution in [0.3, 0.4) is 0 Å². The molecule has 0 aromatic heterocycles. The highest BCUT2D eigenvalue weighted by atomic mass is 35.5. The van der Waals surface area contributed by atoms with Crippen molar-refractivity contribution in [2.24, 2.45) is 16.6 Å². The van der Waals surface area contributed by atoms with Crippen LogP contribution >= 0.6 is 11.6 Å². The van der Waals surface area contributed by atoms with Gasteiger partial charge >= 0.3 is 0 Å². The second kappa shape index (κ2) is 8.59. The molecule has 3 aromatic rings. The molecule has 0 amide bonds. The number of Topliss-reactive ketones (excluding diaryl/α,β-unsaturated/α-hetero) is 1. The molecule has 2 aliphatic rings. The summed E-state index contributed by atoms with van der Waals surface area (Å²) in [6.45, 7) is 4.12. The minimum absolute atomic E-state index is 0.135. The van der Waals surface area contributed by atoms with E-state index in [1.165, 1.54) is 0 Å². The van der Waals surface area contributed by atoms with E-state index < -0.39 is 11.1 Å². The van der Waals surface area contributed by atoms with Crippen LogP contribution in [0.4, 0.5) is 0 Å². The SMILES string of the molecule is CCC1CC(N)=NC2(CC(C)(Cc3ccccc3)Oc3ccc(-c4cccc(Cl)c4)cc32)C1=O. The molecule has 0 radical (unpaired) electrons.